The minimum absolute atomic E-state index is 0. The molecule has 1 unspecified atom stereocenters. The fourth-order valence-electron chi connectivity index (χ4n) is 4.03. The number of hydrogen-bond donors (Lipinski definition) is 3. The Balaban J connectivity index is 0.00000408. The molecule has 34 heavy (non-hydrogen) atoms. The van der Waals surface area contributed by atoms with Gasteiger partial charge in [0.25, 0.3) is 11.5 Å². The van der Waals surface area contributed by atoms with E-state index in [-0.39, 0.29) is 37.5 Å². The summed E-state index contributed by atoms with van der Waals surface area (Å²) in [6.07, 6.45) is 4.26. The van der Waals surface area contributed by atoms with E-state index in [1.54, 1.807) is 12.3 Å². The van der Waals surface area contributed by atoms with Crippen LogP contribution in [0.5, 0.6) is 0 Å². The third-order valence-electron chi connectivity index (χ3n) is 6.66. The number of aromatic nitrogens is 1. The first-order valence-corrected chi connectivity index (χ1v) is 12.8. The number of pyridine rings is 1. The summed E-state index contributed by atoms with van der Waals surface area (Å²) in [5, 5.41) is 18.2. The normalized spacial score (nSPS) is 16.4. The van der Waals surface area contributed by atoms with Crippen molar-refractivity contribution in [1.82, 2.24) is 10.0 Å². The number of amides is 1. The molecule has 3 rings (SSSR count). The van der Waals surface area contributed by atoms with Crippen molar-refractivity contribution in [2.75, 3.05) is 30.9 Å². The number of benzene rings is 1. The quantitative estimate of drug-likeness (QED) is 0.363. The summed E-state index contributed by atoms with van der Waals surface area (Å²) in [7, 11) is -3.83. The van der Waals surface area contributed by atoms with E-state index in [1.165, 1.54) is 23.0 Å². The summed E-state index contributed by atoms with van der Waals surface area (Å²) in [6.45, 7) is 3.27. The van der Waals surface area contributed by atoms with Crippen molar-refractivity contribution >= 4 is 33.8 Å². The van der Waals surface area contributed by atoms with Gasteiger partial charge in [-0.1, -0.05) is 12.1 Å². The van der Waals surface area contributed by atoms with E-state index < -0.39 is 20.5 Å². The Hall–Kier alpha value is -2.40. The van der Waals surface area contributed by atoms with E-state index in [9.17, 15) is 23.1 Å². The highest BCUT2D eigenvalue weighted by Crippen LogP contribution is 2.26. The van der Waals surface area contributed by atoms with Gasteiger partial charge in [-0.25, -0.2) is 13.9 Å². The van der Waals surface area contributed by atoms with Crippen LogP contribution < -0.4 is 15.9 Å². The van der Waals surface area contributed by atoms with Crippen LogP contribution in [0.4, 0.5) is 5.69 Å². The molecule has 0 bridgehead atoms. The molecular weight excluding hydrogens is 482 g/mol. The van der Waals surface area contributed by atoms with E-state index in [0.717, 1.165) is 49.0 Å². The van der Waals surface area contributed by atoms with Crippen LogP contribution in [0.2, 0.25) is 0 Å². The largest absolute Gasteiger partial charge is 0.396 e. The number of rotatable bonds is 8. The Kier molecular flexibility index (Phi) is 9.29. The summed E-state index contributed by atoms with van der Waals surface area (Å²) in [6, 6.07) is 11.2. The maximum atomic E-state index is 12.6. The SMILES string of the molecule is CC(CCn1ccc(-c2ccc(N3CCC(CO)CC3)cc2)cc1=O)(C(=O)NO)S(C)(=O)=O.Cl. The molecule has 0 aliphatic carbocycles. The van der Waals surface area contributed by atoms with Crippen LogP contribution in [0.15, 0.2) is 47.4 Å². The molecular formula is C23H32ClN3O6S. The monoisotopic (exact) mass is 513 g/mol. The predicted octanol–water partition coefficient (Wildman–Crippen LogP) is 1.84. The molecule has 1 fully saturated rings. The van der Waals surface area contributed by atoms with Gasteiger partial charge < -0.3 is 14.6 Å². The van der Waals surface area contributed by atoms with Crippen LogP contribution in [0.25, 0.3) is 11.1 Å². The minimum atomic E-state index is -3.83. The number of aryl methyl sites for hydroxylation is 1. The Morgan fingerprint density at radius 3 is 2.26 bits per heavy atom. The highest BCUT2D eigenvalue weighted by molar-refractivity contribution is 7.92. The first-order valence-electron chi connectivity index (χ1n) is 10.9. The van der Waals surface area contributed by atoms with Crippen LogP contribution >= 0.6 is 12.4 Å². The standard InChI is InChI=1S/C23H31N3O6S.ClH/c1-23(22(29)24-30,33(2,31)32)10-14-26-13-9-19(15-21(26)28)18-3-5-20(6-4-18)25-11-7-17(16-27)8-12-25;/h3-6,9,13,15,17,27,30H,7-8,10-12,14,16H2,1-2H3,(H,24,29);1H. The molecule has 1 aromatic carbocycles. The number of piperidine rings is 1. The third-order valence-corrected chi connectivity index (χ3v) is 8.69. The van der Waals surface area contributed by atoms with Gasteiger partial charge in [0.1, 0.15) is 0 Å². The smallest absolute Gasteiger partial charge is 0.264 e. The second kappa shape index (κ2) is 11.4. The Morgan fingerprint density at radius 2 is 1.76 bits per heavy atom. The number of halogens is 1. The van der Waals surface area contributed by atoms with Crippen molar-refractivity contribution in [3.63, 3.8) is 0 Å². The Morgan fingerprint density at radius 1 is 1.15 bits per heavy atom. The minimum Gasteiger partial charge on any atom is -0.396 e. The fraction of sp³-hybridized carbons (Fsp3) is 0.478. The van der Waals surface area contributed by atoms with Crippen molar-refractivity contribution in [3.05, 3.63) is 52.9 Å². The molecule has 1 aliphatic heterocycles. The number of aliphatic hydroxyl groups is 1. The summed E-state index contributed by atoms with van der Waals surface area (Å²) in [5.41, 5.74) is 3.81. The van der Waals surface area contributed by atoms with Crippen molar-refractivity contribution < 1.29 is 23.5 Å². The highest BCUT2D eigenvalue weighted by atomic mass is 35.5. The molecule has 3 N–H and O–H groups in total. The van der Waals surface area contributed by atoms with Crippen molar-refractivity contribution in [2.45, 2.75) is 37.5 Å². The van der Waals surface area contributed by atoms with Gasteiger partial charge in [-0.3, -0.25) is 14.8 Å². The van der Waals surface area contributed by atoms with Crippen molar-refractivity contribution in [3.8, 4) is 11.1 Å². The fourth-order valence-corrected chi connectivity index (χ4v) is 4.87. The van der Waals surface area contributed by atoms with Crippen molar-refractivity contribution in [2.24, 2.45) is 5.92 Å². The lowest BCUT2D eigenvalue weighted by Crippen LogP contribution is -2.49. The van der Waals surface area contributed by atoms with Gasteiger partial charge in [0.15, 0.2) is 14.6 Å². The molecule has 1 atom stereocenters. The number of hydrogen-bond acceptors (Lipinski definition) is 7. The maximum absolute atomic E-state index is 12.6. The number of carbonyl (C=O) groups excluding carboxylic acids is 1. The third kappa shape index (κ3) is 5.99. The molecule has 11 heteroatoms. The topological polar surface area (TPSA) is 129 Å². The van der Waals surface area contributed by atoms with E-state index in [2.05, 4.69) is 4.90 Å². The van der Waals surface area contributed by atoms with E-state index in [0.29, 0.717) is 5.92 Å². The molecule has 2 aromatic rings. The van der Waals surface area contributed by atoms with Crippen LogP contribution in [-0.4, -0.2) is 59.9 Å². The van der Waals surface area contributed by atoms with Crippen molar-refractivity contribution in [1.29, 1.82) is 0 Å². The zero-order valence-electron chi connectivity index (χ0n) is 19.3. The number of anilines is 1. The Labute approximate surface area is 205 Å². The lowest BCUT2D eigenvalue weighted by atomic mass is 9.97. The van der Waals surface area contributed by atoms with Gasteiger partial charge in [0, 0.05) is 50.4 Å². The number of nitrogens with zero attached hydrogens (tertiary/aromatic N) is 2. The van der Waals surface area contributed by atoms with Crippen LogP contribution in [0.3, 0.4) is 0 Å². The maximum Gasteiger partial charge on any atom is 0.264 e. The number of carbonyl (C=O) groups is 1. The molecule has 188 valence electrons. The Bertz CT molecular complexity index is 1140. The highest BCUT2D eigenvalue weighted by Gasteiger charge is 2.43. The van der Waals surface area contributed by atoms with E-state index in [1.807, 2.05) is 24.3 Å². The summed E-state index contributed by atoms with van der Waals surface area (Å²) < 4.78 is 23.7. The molecule has 1 aliphatic rings. The number of hydroxylamine groups is 1. The van der Waals surface area contributed by atoms with Gasteiger partial charge in [0.2, 0.25) is 0 Å². The zero-order valence-corrected chi connectivity index (χ0v) is 20.9. The van der Waals surface area contributed by atoms with Gasteiger partial charge in [-0.15, -0.1) is 12.4 Å². The number of nitrogens with one attached hydrogen (secondary N) is 1. The van der Waals surface area contributed by atoms with Crippen LogP contribution in [-0.2, 0) is 21.2 Å². The van der Waals surface area contributed by atoms with Gasteiger partial charge in [-0.05, 0) is 61.4 Å². The molecule has 2 heterocycles. The molecule has 0 radical (unpaired) electrons. The molecule has 9 nitrogen and oxygen atoms in total. The van der Waals surface area contributed by atoms with E-state index in [4.69, 9.17) is 5.21 Å². The zero-order chi connectivity index (χ0) is 24.2. The molecule has 1 amide bonds. The average molecular weight is 514 g/mol. The number of sulfone groups is 1. The van der Waals surface area contributed by atoms with Gasteiger partial charge in [0.05, 0.1) is 0 Å². The number of aliphatic hydroxyl groups excluding tert-OH is 1. The average Bonchev–Trinajstić information content (AvgIpc) is 2.82. The first-order chi connectivity index (χ1) is 15.6. The van der Waals surface area contributed by atoms with E-state index >= 15 is 0 Å². The van der Waals surface area contributed by atoms with Gasteiger partial charge in [-0.2, -0.15) is 0 Å². The van der Waals surface area contributed by atoms with Crippen LogP contribution in [0.1, 0.15) is 26.2 Å². The molecule has 1 saturated heterocycles. The summed E-state index contributed by atoms with van der Waals surface area (Å²) >= 11 is 0. The second-order valence-corrected chi connectivity index (χ2v) is 11.2. The second-order valence-electron chi connectivity index (χ2n) is 8.80. The summed E-state index contributed by atoms with van der Waals surface area (Å²) in [4.78, 5) is 26.9. The van der Waals surface area contributed by atoms with Crippen LogP contribution in [0, 0.1) is 5.92 Å². The predicted molar refractivity (Wildman–Crippen MR) is 133 cm³/mol. The summed E-state index contributed by atoms with van der Waals surface area (Å²) in [5.74, 6) is -0.657. The lowest BCUT2D eigenvalue weighted by molar-refractivity contribution is -0.131. The lowest BCUT2D eigenvalue weighted by Gasteiger charge is -2.33. The molecule has 0 spiro atoms. The molecule has 1 aromatic heterocycles. The first kappa shape index (κ1) is 27.8. The van der Waals surface area contributed by atoms with Gasteiger partial charge >= 0.3 is 0 Å². The molecule has 0 saturated carbocycles.